The zero-order valence-electron chi connectivity index (χ0n) is 11.0. The van der Waals surface area contributed by atoms with Gasteiger partial charge in [0.25, 0.3) is 0 Å². The van der Waals surface area contributed by atoms with Gasteiger partial charge in [-0.15, -0.1) is 0 Å². The minimum absolute atomic E-state index is 0.126. The van der Waals surface area contributed by atoms with Crippen LogP contribution in [0.1, 0.15) is 5.69 Å². The summed E-state index contributed by atoms with van der Waals surface area (Å²) in [7, 11) is 1.63. The highest BCUT2D eigenvalue weighted by atomic mass is 35.5. The SMILES string of the molecule is Cn1c(-c2nc(Cl)ccc2Cl)nc2c1NNC(C(F)(F)F)=C2. The van der Waals surface area contributed by atoms with E-state index in [-0.39, 0.29) is 16.5 Å². The van der Waals surface area contributed by atoms with Gasteiger partial charge in [-0.1, -0.05) is 23.2 Å². The topological polar surface area (TPSA) is 54.8 Å². The lowest BCUT2D eigenvalue weighted by Gasteiger charge is -2.20. The standard InChI is InChI=1S/C12H8Cl2F3N5/c1-22-10-6(4-7(20-21-10)12(15,16)17)18-11(22)9-5(13)2-3-8(14)19-9/h2-4,20-21H,1H3. The first kappa shape index (κ1) is 15.0. The van der Waals surface area contributed by atoms with Crippen molar-refractivity contribution in [1.82, 2.24) is 20.0 Å². The summed E-state index contributed by atoms with van der Waals surface area (Å²) in [5.41, 5.74) is 4.04. The second kappa shape index (κ2) is 5.06. The molecule has 1 aliphatic rings. The number of aromatic nitrogens is 3. The molecule has 22 heavy (non-hydrogen) atoms. The second-order valence-electron chi connectivity index (χ2n) is 4.50. The minimum atomic E-state index is -4.51. The lowest BCUT2D eigenvalue weighted by Crippen LogP contribution is -2.33. The number of nitrogens with one attached hydrogen (secondary N) is 2. The number of rotatable bonds is 1. The number of nitrogens with zero attached hydrogens (tertiary/aromatic N) is 3. The van der Waals surface area contributed by atoms with E-state index in [4.69, 9.17) is 23.2 Å². The highest BCUT2D eigenvalue weighted by molar-refractivity contribution is 6.34. The molecule has 0 spiro atoms. The Labute approximate surface area is 132 Å². The molecular weight excluding hydrogens is 342 g/mol. The molecule has 0 aliphatic carbocycles. The predicted molar refractivity (Wildman–Crippen MR) is 77.2 cm³/mol. The summed E-state index contributed by atoms with van der Waals surface area (Å²) in [6.07, 6.45) is -3.60. The molecular formula is C12H8Cl2F3N5. The monoisotopic (exact) mass is 349 g/mol. The van der Waals surface area contributed by atoms with Gasteiger partial charge in [-0.3, -0.25) is 10.9 Å². The molecule has 0 saturated heterocycles. The van der Waals surface area contributed by atoms with Crippen LogP contribution in [0.15, 0.2) is 17.8 Å². The molecule has 2 N–H and O–H groups in total. The van der Waals surface area contributed by atoms with Crippen LogP contribution in [0.5, 0.6) is 0 Å². The highest BCUT2D eigenvalue weighted by Crippen LogP contribution is 2.34. The van der Waals surface area contributed by atoms with E-state index < -0.39 is 11.9 Å². The summed E-state index contributed by atoms with van der Waals surface area (Å²) in [5.74, 6) is 0.660. The Balaban J connectivity index is 2.13. The molecule has 0 bridgehead atoms. The molecule has 3 heterocycles. The molecule has 1 aliphatic heterocycles. The average molecular weight is 350 g/mol. The fourth-order valence-corrected chi connectivity index (χ4v) is 2.34. The molecule has 2 aromatic rings. The Morgan fingerprint density at radius 1 is 1.14 bits per heavy atom. The van der Waals surface area contributed by atoms with Gasteiger partial charge < -0.3 is 4.57 Å². The fraction of sp³-hybridized carbons (Fsp3) is 0.167. The van der Waals surface area contributed by atoms with Gasteiger partial charge >= 0.3 is 6.18 Å². The Kier molecular flexibility index (Phi) is 3.45. The van der Waals surface area contributed by atoms with Crippen molar-refractivity contribution in [2.75, 3.05) is 5.43 Å². The molecule has 0 aromatic carbocycles. The third-order valence-corrected chi connectivity index (χ3v) is 3.56. The lowest BCUT2D eigenvalue weighted by atomic mass is 10.3. The molecule has 0 fully saturated rings. The van der Waals surface area contributed by atoms with Crippen LogP contribution in [0.2, 0.25) is 10.2 Å². The van der Waals surface area contributed by atoms with Gasteiger partial charge in [0.05, 0.1) is 5.02 Å². The maximum atomic E-state index is 12.7. The summed E-state index contributed by atoms with van der Waals surface area (Å²) >= 11 is 11.9. The molecule has 0 atom stereocenters. The van der Waals surface area contributed by atoms with Crippen molar-refractivity contribution in [1.29, 1.82) is 0 Å². The maximum Gasteiger partial charge on any atom is 0.432 e. The van der Waals surface area contributed by atoms with Gasteiger partial charge in [0.2, 0.25) is 0 Å². The van der Waals surface area contributed by atoms with Crippen LogP contribution in [0.25, 0.3) is 17.6 Å². The Morgan fingerprint density at radius 3 is 2.55 bits per heavy atom. The van der Waals surface area contributed by atoms with E-state index in [1.54, 1.807) is 13.1 Å². The Morgan fingerprint density at radius 2 is 1.86 bits per heavy atom. The van der Waals surface area contributed by atoms with E-state index in [2.05, 4.69) is 20.8 Å². The number of hydrogen-bond donors (Lipinski definition) is 2. The molecule has 116 valence electrons. The first-order valence-corrected chi connectivity index (χ1v) is 6.73. The van der Waals surface area contributed by atoms with Crippen LogP contribution in [-0.4, -0.2) is 20.7 Å². The van der Waals surface area contributed by atoms with Crippen molar-refractivity contribution in [2.45, 2.75) is 6.18 Å². The van der Waals surface area contributed by atoms with Crippen LogP contribution in [-0.2, 0) is 7.05 Å². The normalized spacial score (nSPS) is 14.0. The molecule has 0 unspecified atom stereocenters. The Bertz CT molecular complexity index is 782. The maximum absolute atomic E-state index is 12.7. The Hall–Kier alpha value is -1.93. The first-order chi connectivity index (χ1) is 10.3. The summed E-state index contributed by atoms with van der Waals surface area (Å²) in [6, 6.07) is 3.06. The van der Waals surface area contributed by atoms with Crippen molar-refractivity contribution in [3.05, 3.63) is 33.7 Å². The minimum Gasteiger partial charge on any atom is -0.311 e. The molecule has 0 amide bonds. The van der Waals surface area contributed by atoms with Crippen LogP contribution in [0, 0.1) is 0 Å². The van der Waals surface area contributed by atoms with Crippen LogP contribution < -0.4 is 10.9 Å². The van der Waals surface area contributed by atoms with Crippen LogP contribution >= 0.6 is 23.2 Å². The molecule has 5 nitrogen and oxygen atoms in total. The number of pyridine rings is 1. The van der Waals surface area contributed by atoms with E-state index in [9.17, 15) is 13.2 Å². The number of hydrazine groups is 1. The summed E-state index contributed by atoms with van der Waals surface area (Å²) < 4.78 is 39.7. The van der Waals surface area contributed by atoms with Crippen molar-refractivity contribution >= 4 is 35.1 Å². The van der Waals surface area contributed by atoms with E-state index in [0.717, 1.165) is 6.08 Å². The summed E-state index contributed by atoms with van der Waals surface area (Å²) in [4.78, 5) is 8.24. The van der Waals surface area contributed by atoms with Gasteiger partial charge in [-0.05, 0) is 18.2 Å². The summed E-state index contributed by atoms with van der Waals surface area (Å²) in [5, 5.41) is 0.501. The van der Waals surface area contributed by atoms with Crippen molar-refractivity contribution < 1.29 is 13.2 Å². The molecule has 0 radical (unpaired) electrons. The zero-order chi connectivity index (χ0) is 16.1. The zero-order valence-corrected chi connectivity index (χ0v) is 12.5. The predicted octanol–water partition coefficient (Wildman–Crippen LogP) is 3.62. The van der Waals surface area contributed by atoms with Crippen LogP contribution in [0.4, 0.5) is 19.0 Å². The number of imidazole rings is 1. The van der Waals surface area contributed by atoms with Gasteiger partial charge in [0.15, 0.2) is 11.6 Å². The fourth-order valence-electron chi connectivity index (χ4n) is 2.01. The van der Waals surface area contributed by atoms with Crippen LogP contribution in [0.3, 0.4) is 0 Å². The molecule has 0 saturated carbocycles. The van der Waals surface area contributed by atoms with Gasteiger partial charge in [0.1, 0.15) is 22.2 Å². The number of hydrogen-bond acceptors (Lipinski definition) is 4. The highest BCUT2D eigenvalue weighted by Gasteiger charge is 2.36. The smallest absolute Gasteiger partial charge is 0.311 e. The summed E-state index contributed by atoms with van der Waals surface area (Å²) in [6.45, 7) is 0. The molecule has 3 rings (SSSR count). The van der Waals surface area contributed by atoms with Gasteiger partial charge in [0, 0.05) is 7.05 Å². The quantitative estimate of drug-likeness (QED) is 0.772. The third kappa shape index (κ3) is 2.48. The van der Waals surface area contributed by atoms with Gasteiger partial charge in [-0.2, -0.15) is 13.2 Å². The number of anilines is 1. The second-order valence-corrected chi connectivity index (χ2v) is 5.29. The lowest BCUT2D eigenvalue weighted by molar-refractivity contribution is -0.0951. The van der Waals surface area contributed by atoms with Crippen molar-refractivity contribution in [3.63, 3.8) is 0 Å². The van der Waals surface area contributed by atoms with Crippen molar-refractivity contribution in [2.24, 2.45) is 7.05 Å². The molecule has 2 aromatic heterocycles. The number of alkyl halides is 3. The molecule has 10 heteroatoms. The number of fused-ring (bicyclic) bond motifs is 1. The first-order valence-electron chi connectivity index (χ1n) is 5.97. The van der Waals surface area contributed by atoms with Crippen molar-refractivity contribution in [3.8, 4) is 11.5 Å². The number of allylic oxidation sites excluding steroid dienone is 1. The number of halogens is 5. The van der Waals surface area contributed by atoms with E-state index in [1.807, 2.05) is 0 Å². The van der Waals surface area contributed by atoms with E-state index in [1.165, 1.54) is 10.6 Å². The third-order valence-electron chi connectivity index (χ3n) is 3.05. The largest absolute Gasteiger partial charge is 0.432 e. The van der Waals surface area contributed by atoms with E-state index >= 15 is 0 Å². The van der Waals surface area contributed by atoms with Gasteiger partial charge in [-0.25, -0.2) is 9.97 Å². The van der Waals surface area contributed by atoms with E-state index in [0.29, 0.717) is 16.7 Å². The average Bonchev–Trinajstić information content (AvgIpc) is 2.77.